The van der Waals surface area contributed by atoms with Crippen molar-refractivity contribution < 1.29 is 4.79 Å². The quantitative estimate of drug-likeness (QED) is 0.264. The average Bonchev–Trinajstić information content (AvgIpc) is 3.25. The van der Waals surface area contributed by atoms with Crippen molar-refractivity contribution in [2.24, 2.45) is 0 Å². The number of hydrogen-bond donors (Lipinski definition) is 2. The zero-order chi connectivity index (χ0) is 23.0. The minimum Gasteiger partial charge on any atom is -0.361 e. The zero-order valence-corrected chi connectivity index (χ0v) is 20.3. The number of piperidine rings is 1. The minimum absolute atomic E-state index is 0.0969. The van der Waals surface area contributed by atoms with Gasteiger partial charge < -0.3 is 15.2 Å². The van der Waals surface area contributed by atoms with Gasteiger partial charge in [-0.25, -0.2) is 0 Å². The number of H-pyrrole nitrogens is 1. The third-order valence-corrected chi connectivity index (χ3v) is 7.04. The highest BCUT2D eigenvalue weighted by molar-refractivity contribution is 6.35. The van der Waals surface area contributed by atoms with E-state index in [-0.39, 0.29) is 5.91 Å². The standard InChI is InChI=1S/C27H31Cl2N3O/c28-22-10-8-21(25(29)18-22)9-11-27(33)30-14-4-1-5-15-32-16-12-20(13-17-32)24-19-31-26-7-3-2-6-23(24)26/h2-3,6-11,18-20,31H,1,4-5,12-17H2,(H,30,33)/b11-9+. The number of carbonyl (C=O) groups excluding carboxylic acids is 1. The van der Waals surface area contributed by atoms with E-state index in [1.807, 2.05) is 0 Å². The Morgan fingerprint density at radius 1 is 1.09 bits per heavy atom. The van der Waals surface area contributed by atoms with Crippen molar-refractivity contribution in [2.75, 3.05) is 26.2 Å². The van der Waals surface area contributed by atoms with Crippen LogP contribution in [0.5, 0.6) is 0 Å². The van der Waals surface area contributed by atoms with Crippen LogP contribution in [-0.4, -0.2) is 42.0 Å². The van der Waals surface area contributed by atoms with Gasteiger partial charge in [0.05, 0.1) is 0 Å². The summed E-state index contributed by atoms with van der Waals surface area (Å²) < 4.78 is 0. The molecule has 4 rings (SSSR count). The first-order valence-corrected chi connectivity index (χ1v) is 12.5. The van der Waals surface area contributed by atoms with E-state index >= 15 is 0 Å². The lowest BCUT2D eigenvalue weighted by Gasteiger charge is -2.32. The third kappa shape index (κ3) is 6.63. The van der Waals surface area contributed by atoms with Gasteiger partial charge >= 0.3 is 0 Å². The zero-order valence-electron chi connectivity index (χ0n) is 18.8. The van der Waals surface area contributed by atoms with Gasteiger partial charge in [-0.2, -0.15) is 0 Å². The molecule has 1 aromatic heterocycles. The molecule has 2 N–H and O–H groups in total. The molecule has 0 aliphatic carbocycles. The molecule has 1 aliphatic rings. The fraction of sp³-hybridized carbons (Fsp3) is 0.370. The molecule has 0 spiro atoms. The number of hydrogen-bond acceptors (Lipinski definition) is 2. The molecule has 0 bridgehead atoms. The summed E-state index contributed by atoms with van der Waals surface area (Å²) >= 11 is 12.0. The molecule has 1 fully saturated rings. The van der Waals surface area contributed by atoms with Crippen molar-refractivity contribution in [2.45, 2.75) is 38.0 Å². The molecule has 3 aromatic rings. The molecule has 0 atom stereocenters. The Morgan fingerprint density at radius 2 is 1.91 bits per heavy atom. The lowest BCUT2D eigenvalue weighted by Crippen LogP contribution is -2.33. The second-order valence-electron chi connectivity index (χ2n) is 8.76. The number of unbranched alkanes of at least 4 members (excludes halogenated alkanes) is 2. The number of aromatic nitrogens is 1. The Balaban J connectivity index is 1.09. The summed E-state index contributed by atoms with van der Waals surface area (Å²) in [5, 5.41) is 5.45. The molecule has 1 saturated heterocycles. The van der Waals surface area contributed by atoms with Crippen LogP contribution in [0.1, 0.15) is 49.1 Å². The highest BCUT2D eigenvalue weighted by Crippen LogP contribution is 2.33. The lowest BCUT2D eigenvalue weighted by atomic mass is 9.89. The molecule has 0 radical (unpaired) electrons. The van der Waals surface area contributed by atoms with E-state index in [4.69, 9.17) is 23.2 Å². The Labute approximate surface area is 206 Å². The first kappa shape index (κ1) is 23.9. The number of nitrogens with zero attached hydrogens (tertiary/aromatic N) is 1. The van der Waals surface area contributed by atoms with Crippen LogP contribution in [-0.2, 0) is 4.79 Å². The van der Waals surface area contributed by atoms with Crippen LogP contribution in [0.25, 0.3) is 17.0 Å². The molecular weight excluding hydrogens is 453 g/mol. The Bertz CT molecular complexity index is 1100. The Kier molecular flexibility index (Phi) is 8.49. The van der Waals surface area contributed by atoms with Gasteiger partial charge in [0.2, 0.25) is 5.91 Å². The van der Waals surface area contributed by atoms with Crippen molar-refractivity contribution in [1.82, 2.24) is 15.2 Å². The number of carbonyl (C=O) groups is 1. The van der Waals surface area contributed by atoms with Crippen LogP contribution < -0.4 is 5.32 Å². The molecule has 6 heteroatoms. The van der Waals surface area contributed by atoms with E-state index < -0.39 is 0 Å². The van der Waals surface area contributed by atoms with Gasteiger partial charge in [-0.1, -0.05) is 53.9 Å². The van der Waals surface area contributed by atoms with Crippen molar-refractivity contribution >= 4 is 46.1 Å². The number of benzene rings is 2. The monoisotopic (exact) mass is 483 g/mol. The fourth-order valence-corrected chi connectivity index (χ4v) is 5.08. The van der Waals surface area contributed by atoms with Crippen LogP contribution in [0.2, 0.25) is 10.0 Å². The summed E-state index contributed by atoms with van der Waals surface area (Å²) in [5.41, 5.74) is 3.50. The minimum atomic E-state index is -0.0969. The molecule has 0 unspecified atom stereocenters. The number of nitrogens with one attached hydrogen (secondary N) is 2. The van der Waals surface area contributed by atoms with Crippen LogP contribution in [0.3, 0.4) is 0 Å². The molecular formula is C27H31Cl2N3O. The number of rotatable bonds is 9. The van der Waals surface area contributed by atoms with Crippen molar-refractivity contribution in [3.8, 4) is 0 Å². The van der Waals surface area contributed by atoms with Crippen molar-refractivity contribution in [3.63, 3.8) is 0 Å². The smallest absolute Gasteiger partial charge is 0.243 e. The largest absolute Gasteiger partial charge is 0.361 e. The molecule has 174 valence electrons. The predicted octanol–water partition coefficient (Wildman–Crippen LogP) is 6.65. The van der Waals surface area contributed by atoms with Gasteiger partial charge in [-0.3, -0.25) is 4.79 Å². The Morgan fingerprint density at radius 3 is 2.73 bits per heavy atom. The number of likely N-dealkylation sites (tertiary alicyclic amines) is 1. The lowest BCUT2D eigenvalue weighted by molar-refractivity contribution is -0.116. The Hall–Kier alpha value is -2.27. The maximum Gasteiger partial charge on any atom is 0.243 e. The molecule has 33 heavy (non-hydrogen) atoms. The van der Waals surface area contributed by atoms with Gasteiger partial charge in [0.25, 0.3) is 0 Å². The number of halogens is 2. The van der Waals surface area contributed by atoms with Gasteiger partial charge in [-0.05, 0) is 86.6 Å². The number of aromatic amines is 1. The van der Waals surface area contributed by atoms with Gasteiger partial charge in [-0.15, -0.1) is 0 Å². The van der Waals surface area contributed by atoms with E-state index in [1.54, 1.807) is 24.3 Å². The van der Waals surface area contributed by atoms with Crippen LogP contribution in [0.4, 0.5) is 0 Å². The summed E-state index contributed by atoms with van der Waals surface area (Å²) in [5.74, 6) is 0.559. The van der Waals surface area contributed by atoms with Gasteiger partial charge in [0.15, 0.2) is 0 Å². The molecule has 0 saturated carbocycles. The molecule has 1 amide bonds. The van der Waals surface area contributed by atoms with E-state index in [1.165, 1.54) is 54.9 Å². The fourth-order valence-electron chi connectivity index (χ4n) is 4.61. The average molecular weight is 484 g/mol. The van der Waals surface area contributed by atoms with Crippen LogP contribution in [0, 0.1) is 0 Å². The first-order valence-electron chi connectivity index (χ1n) is 11.8. The normalized spacial score (nSPS) is 15.5. The molecule has 2 heterocycles. The SMILES string of the molecule is O=C(/C=C/c1ccc(Cl)cc1Cl)NCCCCCN1CCC(c2c[nH]c3ccccc23)CC1. The summed E-state index contributed by atoms with van der Waals surface area (Å²) in [6.07, 6.45) is 11.2. The van der Waals surface area contributed by atoms with E-state index in [9.17, 15) is 4.79 Å². The third-order valence-electron chi connectivity index (χ3n) is 6.48. The summed E-state index contributed by atoms with van der Waals surface area (Å²) in [6, 6.07) is 13.8. The van der Waals surface area contributed by atoms with E-state index in [0.29, 0.717) is 22.5 Å². The van der Waals surface area contributed by atoms with Crippen LogP contribution >= 0.6 is 23.2 Å². The first-order chi connectivity index (χ1) is 16.1. The number of para-hydroxylation sites is 1. The van der Waals surface area contributed by atoms with Crippen molar-refractivity contribution in [1.29, 1.82) is 0 Å². The van der Waals surface area contributed by atoms with Gasteiger partial charge in [0.1, 0.15) is 0 Å². The summed E-state index contributed by atoms with van der Waals surface area (Å²) in [7, 11) is 0. The highest BCUT2D eigenvalue weighted by Gasteiger charge is 2.22. The second kappa shape index (κ2) is 11.7. The highest BCUT2D eigenvalue weighted by atomic mass is 35.5. The van der Waals surface area contributed by atoms with Gasteiger partial charge in [0, 0.05) is 39.8 Å². The number of fused-ring (bicyclic) bond motifs is 1. The molecule has 4 nitrogen and oxygen atoms in total. The maximum atomic E-state index is 12.0. The van der Waals surface area contributed by atoms with Crippen molar-refractivity contribution in [3.05, 3.63) is 75.9 Å². The summed E-state index contributed by atoms with van der Waals surface area (Å²) in [4.78, 5) is 18.0. The predicted molar refractivity (Wildman–Crippen MR) is 139 cm³/mol. The van der Waals surface area contributed by atoms with E-state index in [2.05, 4.69) is 45.7 Å². The second-order valence-corrected chi connectivity index (χ2v) is 9.60. The van der Waals surface area contributed by atoms with E-state index in [0.717, 1.165) is 24.9 Å². The summed E-state index contributed by atoms with van der Waals surface area (Å²) in [6.45, 7) is 4.17. The topological polar surface area (TPSA) is 48.1 Å². The van der Waals surface area contributed by atoms with Crippen LogP contribution in [0.15, 0.2) is 54.7 Å². The molecule has 2 aromatic carbocycles. The maximum absolute atomic E-state index is 12.0. The number of amides is 1. The molecule has 1 aliphatic heterocycles.